The third-order valence-corrected chi connectivity index (χ3v) is 5.62. The molecule has 1 N–H and O–H groups in total. The van der Waals surface area contributed by atoms with Crippen molar-refractivity contribution in [3.8, 4) is 17.0 Å². The molecule has 0 aliphatic carbocycles. The molecule has 0 saturated heterocycles. The van der Waals surface area contributed by atoms with Crippen molar-refractivity contribution in [3.05, 3.63) is 68.9 Å². The van der Waals surface area contributed by atoms with Crippen molar-refractivity contribution in [2.45, 2.75) is 13.5 Å². The summed E-state index contributed by atoms with van der Waals surface area (Å²) in [5.74, 6) is 0.338. The molecule has 4 aromatic rings. The number of aromatic nitrogens is 3. The molecule has 2 heterocycles. The van der Waals surface area contributed by atoms with E-state index < -0.39 is 5.56 Å². The molecule has 0 spiro atoms. The summed E-state index contributed by atoms with van der Waals surface area (Å²) >= 11 is 7.27. The molecule has 2 aromatic heterocycles. The number of rotatable bonds is 5. The van der Waals surface area contributed by atoms with E-state index in [1.54, 1.807) is 31.4 Å². The number of aryl methyl sites for hydroxylation is 1. The maximum atomic E-state index is 12.9. The van der Waals surface area contributed by atoms with Crippen LogP contribution in [0.3, 0.4) is 0 Å². The van der Waals surface area contributed by atoms with Crippen molar-refractivity contribution in [2.75, 3.05) is 12.4 Å². The van der Waals surface area contributed by atoms with Gasteiger partial charge in [-0.05, 0) is 55.5 Å². The maximum absolute atomic E-state index is 12.9. The van der Waals surface area contributed by atoms with Crippen LogP contribution in [0, 0.1) is 6.92 Å². The summed E-state index contributed by atoms with van der Waals surface area (Å²) < 4.78 is 7.05. The summed E-state index contributed by atoms with van der Waals surface area (Å²) in [7, 11) is 1.59. The number of ether oxygens (including phenoxy) is 1. The number of amides is 1. The summed E-state index contributed by atoms with van der Waals surface area (Å²) in [5, 5.41) is 8.55. The Morgan fingerprint density at radius 1 is 1.17 bits per heavy atom. The smallest absolute Gasteiger partial charge is 0.294 e. The third-order valence-electron chi connectivity index (χ3n) is 4.39. The van der Waals surface area contributed by atoms with Crippen LogP contribution >= 0.6 is 22.9 Å². The average molecular weight is 441 g/mol. The van der Waals surface area contributed by atoms with Gasteiger partial charge >= 0.3 is 0 Å². The minimum absolute atomic E-state index is 0.239. The molecule has 152 valence electrons. The normalized spacial score (nSPS) is 10.9. The highest BCUT2D eigenvalue weighted by molar-refractivity contribution is 7.19. The first-order valence-electron chi connectivity index (χ1n) is 9.02. The Bertz CT molecular complexity index is 1280. The zero-order valence-electron chi connectivity index (χ0n) is 16.2. The Balaban J connectivity index is 1.72. The second-order valence-corrected chi connectivity index (χ2v) is 8.15. The molecule has 4 rings (SSSR count). The molecule has 2 aromatic carbocycles. The number of methoxy groups -OCH3 is 1. The van der Waals surface area contributed by atoms with Crippen molar-refractivity contribution in [3.63, 3.8) is 0 Å². The van der Waals surface area contributed by atoms with E-state index in [4.69, 9.17) is 16.3 Å². The van der Waals surface area contributed by atoms with Crippen LogP contribution in [0.1, 0.15) is 5.01 Å². The molecule has 0 unspecified atom stereocenters. The number of fused-ring (bicyclic) bond motifs is 1. The number of halogens is 1. The van der Waals surface area contributed by atoms with Gasteiger partial charge in [-0.25, -0.2) is 9.67 Å². The number of carbonyl (C=O) groups is 1. The Morgan fingerprint density at radius 2 is 1.87 bits per heavy atom. The summed E-state index contributed by atoms with van der Waals surface area (Å²) in [4.78, 5) is 29.8. The highest BCUT2D eigenvalue weighted by Gasteiger charge is 2.18. The number of hydrogen-bond acceptors (Lipinski definition) is 6. The topological polar surface area (TPSA) is 86.1 Å². The monoisotopic (exact) mass is 440 g/mol. The lowest BCUT2D eigenvalue weighted by Gasteiger charge is -2.10. The Hall–Kier alpha value is -3.23. The van der Waals surface area contributed by atoms with Gasteiger partial charge in [0.25, 0.3) is 5.56 Å². The standard InChI is InChI=1S/C21H17ClN4O3S/c1-12-23-19-20(30-12)18(13-3-9-16(29-2)10-4-13)25-26(21(19)28)11-17(27)24-15-7-5-14(22)6-8-15/h3-10H,11H2,1-2H3,(H,24,27). The SMILES string of the molecule is COc1ccc(-c2nn(CC(=O)Nc3ccc(Cl)cc3)c(=O)c3nc(C)sc23)cc1. The molecule has 9 heteroatoms. The molecule has 0 atom stereocenters. The summed E-state index contributed by atoms with van der Waals surface area (Å²) in [6.45, 7) is 1.59. The predicted octanol–water partition coefficient (Wildman–Crippen LogP) is 4.13. The largest absolute Gasteiger partial charge is 0.497 e. The van der Waals surface area contributed by atoms with Crippen LogP contribution in [0.15, 0.2) is 53.3 Å². The molecule has 30 heavy (non-hydrogen) atoms. The minimum Gasteiger partial charge on any atom is -0.497 e. The fourth-order valence-corrected chi connectivity index (χ4v) is 4.02. The predicted molar refractivity (Wildman–Crippen MR) is 118 cm³/mol. The minimum atomic E-state index is -0.405. The van der Waals surface area contributed by atoms with Gasteiger partial charge in [0.15, 0.2) is 5.52 Å². The quantitative estimate of drug-likeness (QED) is 0.504. The van der Waals surface area contributed by atoms with Gasteiger partial charge in [0.1, 0.15) is 18.0 Å². The number of nitrogens with zero attached hydrogens (tertiary/aromatic N) is 3. The van der Waals surface area contributed by atoms with Gasteiger partial charge in [-0.2, -0.15) is 5.10 Å². The lowest BCUT2D eigenvalue weighted by Crippen LogP contribution is -2.30. The van der Waals surface area contributed by atoms with Crippen LogP contribution in [-0.4, -0.2) is 27.8 Å². The number of thiazole rings is 1. The number of carbonyl (C=O) groups excluding carboxylic acids is 1. The van der Waals surface area contributed by atoms with Gasteiger partial charge in [0.2, 0.25) is 5.91 Å². The van der Waals surface area contributed by atoms with Crippen LogP contribution in [0.5, 0.6) is 5.75 Å². The maximum Gasteiger partial charge on any atom is 0.294 e. The Labute approximate surface area is 180 Å². The van der Waals surface area contributed by atoms with E-state index in [2.05, 4.69) is 15.4 Å². The van der Waals surface area contributed by atoms with Crippen LogP contribution in [0.4, 0.5) is 5.69 Å². The van der Waals surface area contributed by atoms with Crippen molar-refractivity contribution >= 4 is 44.7 Å². The van der Waals surface area contributed by atoms with Crippen molar-refractivity contribution in [2.24, 2.45) is 0 Å². The van der Waals surface area contributed by atoms with Gasteiger partial charge in [-0.15, -0.1) is 11.3 Å². The first-order chi connectivity index (χ1) is 14.4. The summed E-state index contributed by atoms with van der Waals surface area (Å²) in [6, 6.07) is 14.1. The van der Waals surface area contributed by atoms with Crippen molar-refractivity contribution in [1.82, 2.24) is 14.8 Å². The van der Waals surface area contributed by atoms with Gasteiger partial charge in [0, 0.05) is 16.3 Å². The number of benzene rings is 2. The molecular formula is C21H17ClN4O3S. The van der Waals surface area contributed by atoms with E-state index in [1.165, 1.54) is 11.3 Å². The van der Waals surface area contributed by atoms with E-state index in [1.807, 2.05) is 31.2 Å². The van der Waals surface area contributed by atoms with Crippen LogP contribution in [0.25, 0.3) is 21.5 Å². The lowest BCUT2D eigenvalue weighted by molar-refractivity contribution is -0.117. The summed E-state index contributed by atoms with van der Waals surface area (Å²) in [5.41, 5.74) is 1.88. The van der Waals surface area contributed by atoms with Crippen LogP contribution in [0.2, 0.25) is 5.02 Å². The van der Waals surface area contributed by atoms with E-state index in [9.17, 15) is 9.59 Å². The molecule has 0 bridgehead atoms. The Kier molecular flexibility index (Phi) is 5.52. The third kappa shape index (κ3) is 4.05. The zero-order valence-corrected chi connectivity index (χ0v) is 17.8. The second-order valence-electron chi connectivity index (χ2n) is 6.51. The highest BCUT2D eigenvalue weighted by Crippen LogP contribution is 2.30. The van der Waals surface area contributed by atoms with Gasteiger partial charge in [-0.3, -0.25) is 9.59 Å². The van der Waals surface area contributed by atoms with Gasteiger partial charge in [0.05, 0.1) is 16.8 Å². The van der Waals surface area contributed by atoms with Crippen LogP contribution in [-0.2, 0) is 11.3 Å². The van der Waals surface area contributed by atoms with Crippen LogP contribution < -0.4 is 15.6 Å². The van der Waals surface area contributed by atoms with Gasteiger partial charge < -0.3 is 10.1 Å². The molecule has 0 fully saturated rings. The zero-order chi connectivity index (χ0) is 21.3. The molecule has 0 saturated carbocycles. The molecular weight excluding hydrogens is 424 g/mol. The molecule has 0 aliphatic heterocycles. The van der Waals surface area contributed by atoms with Crippen molar-refractivity contribution in [1.29, 1.82) is 0 Å². The molecule has 0 radical (unpaired) electrons. The second kappa shape index (κ2) is 8.25. The van der Waals surface area contributed by atoms with E-state index in [0.717, 1.165) is 15.3 Å². The molecule has 0 aliphatic rings. The summed E-state index contributed by atoms with van der Waals surface area (Å²) in [6.07, 6.45) is 0. The fraction of sp³-hybridized carbons (Fsp3) is 0.143. The van der Waals surface area contributed by atoms with Gasteiger partial charge in [-0.1, -0.05) is 11.6 Å². The average Bonchev–Trinajstić information content (AvgIpc) is 3.14. The molecule has 1 amide bonds. The fourth-order valence-electron chi connectivity index (χ4n) is 2.98. The number of anilines is 1. The molecule has 7 nitrogen and oxygen atoms in total. The van der Waals surface area contributed by atoms with Crippen molar-refractivity contribution < 1.29 is 9.53 Å². The number of nitrogens with one attached hydrogen (secondary N) is 1. The lowest BCUT2D eigenvalue weighted by atomic mass is 10.1. The van der Waals surface area contributed by atoms with E-state index >= 15 is 0 Å². The highest BCUT2D eigenvalue weighted by atomic mass is 35.5. The van der Waals surface area contributed by atoms with E-state index in [0.29, 0.717) is 32.4 Å². The van der Waals surface area contributed by atoms with E-state index in [-0.39, 0.29) is 12.5 Å². The number of hydrogen-bond donors (Lipinski definition) is 1. The first kappa shape index (κ1) is 20.1. The first-order valence-corrected chi connectivity index (χ1v) is 10.2. The Morgan fingerprint density at radius 3 is 2.53 bits per heavy atom.